The van der Waals surface area contributed by atoms with E-state index >= 15 is 0 Å². The van der Waals surface area contributed by atoms with Crippen molar-refractivity contribution in [3.8, 4) is 5.75 Å². The Morgan fingerprint density at radius 3 is 2.26 bits per heavy atom. The minimum absolute atomic E-state index is 0.0591. The molecule has 0 aromatic heterocycles. The monoisotopic (exact) mass is 336 g/mol. The summed E-state index contributed by atoms with van der Waals surface area (Å²) in [7, 11) is -2.52. The van der Waals surface area contributed by atoms with Crippen molar-refractivity contribution in [2.75, 3.05) is 19.0 Å². The molecule has 0 heterocycles. The number of benzene rings is 2. The van der Waals surface area contributed by atoms with Crippen molar-refractivity contribution in [1.29, 1.82) is 0 Å². The number of nitrogens with one attached hydrogen (secondary N) is 1. The maximum absolute atomic E-state index is 12.6. The zero-order valence-electron chi connectivity index (χ0n) is 12.6. The molecule has 0 aliphatic carbocycles. The van der Waals surface area contributed by atoms with Gasteiger partial charge in [0.2, 0.25) is 9.84 Å². The first-order valence-corrected chi connectivity index (χ1v) is 8.30. The zero-order valence-corrected chi connectivity index (χ0v) is 13.5. The highest BCUT2D eigenvalue weighted by Gasteiger charge is 2.22. The third-order valence-corrected chi connectivity index (χ3v) is 4.97. The van der Waals surface area contributed by atoms with Crippen LogP contribution < -0.4 is 10.1 Å². The van der Waals surface area contributed by atoms with E-state index in [1.165, 1.54) is 25.3 Å². The number of rotatable bonds is 6. The number of hydrogen-bond acceptors (Lipinski definition) is 6. The number of nitrogens with zero attached hydrogens (tertiary/aromatic N) is 1. The first-order chi connectivity index (χ1) is 10.9. The standard InChI is InChI=1S/C15H16N2O5S/c1-3-16-11-4-6-12(7-5-11)23(20,21)13-8-9-14(17(18)19)15(10-13)22-2/h4-10,16H,3H2,1-2H3. The number of hydrogen-bond donors (Lipinski definition) is 1. The average molecular weight is 336 g/mol. The van der Waals surface area contributed by atoms with E-state index in [9.17, 15) is 18.5 Å². The Balaban J connectivity index is 2.45. The molecule has 122 valence electrons. The quantitative estimate of drug-likeness (QED) is 0.643. The van der Waals surface area contributed by atoms with Crippen LogP contribution in [0, 0.1) is 10.1 Å². The third-order valence-electron chi connectivity index (χ3n) is 3.20. The molecule has 0 spiro atoms. The molecule has 0 unspecified atom stereocenters. The summed E-state index contributed by atoms with van der Waals surface area (Å²) < 4.78 is 30.1. The van der Waals surface area contributed by atoms with Crippen molar-refractivity contribution in [3.63, 3.8) is 0 Å². The Kier molecular flexibility index (Phi) is 4.85. The van der Waals surface area contributed by atoms with E-state index in [1.54, 1.807) is 12.1 Å². The SMILES string of the molecule is CCNc1ccc(S(=O)(=O)c2ccc([N+](=O)[O-])c(OC)c2)cc1. The number of nitro benzene ring substituents is 1. The summed E-state index contributed by atoms with van der Waals surface area (Å²) in [4.78, 5) is 10.3. The highest BCUT2D eigenvalue weighted by molar-refractivity contribution is 7.91. The number of anilines is 1. The Morgan fingerprint density at radius 1 is 1.13 bits per heavy atom. The molecular formula is C15H16N2O5S. The summed E-state index contributed by atoms with van der Waals surface area (Å²) >= 11 is 0. The van der Waals surface area contributed by atoms with E-state index in [0.717, 1.165) is 24.4 Å². The van der Waals surface area contributed by atoms with Gasteiger partial charge >= 0.3 is 5.69 Å². The fourth-order valence-electron chi connectivity index (χ4n) is 2.07. The molecule has 0 saturated carbocycles. The molecule has 2 aromatic rings. The number of sulfone groups is 1. The fraction of sp³-hybridized carbons (Fsp3) is 0.200. The fourth-order valence-corrected chi connectivity index (χ4v) is 3.34. The third kappa shape index (κ3) is 3.42. The largest absolute Gasteiger partial charge is 0.490 e. The zero-order chi connectivity index (χ0) is 17.0. The van der Waals surface area contributed by atoms with Crippen molar-refractivity contribution < 1.29 is 18.1 Å². The van der Waals surface area contributed by atoms with Gasteiger partial charge in [0.15, 0.2) is 5.75 Å². The van der Waals surface area contributed by atoms with Crippen LogP contribution in [-0.2, 0) is 9.84 Å². The van der Waals surface area contributed by atoms with Gasteiger partial charge in [-0.2, -0.15) is 0 Å². The van der Waals surface area contributed by atoms with Crippen molar-refractivity contribution in [1.82, 2.24) is 0 Å². The van der Waals surface area contributed by atoms with Crippen LogP contribution in [0.3, 0.4) is 0 Å². The summed E-state index contributed by atoms with van der Waals surface area (Å²) in [6, 6.07) is 9.79. The number of nitro groups is 1. The lowest BCUT2D eigenvalue weighted by molar-refractivity contribution is -0.385. The van der Waals surface area contributed by atoms with Crippen LogP contribution in [0.2, 0.25) is 0 Å². The van der Waals surface area contributed by atoms with E-state index in [1.807, 2.05) is 6.92 Å². The van der Waals surface area contributed by atoms with Gasteiger partial charge in [-0.05, 0) is 37.3 Å². The molecule has 8 heteroatoms. The molecule has 0 aliphatic rings. The summed E-state index contributed by atoms with van der Waals surface area (Å²) in [5.41, 5.74) is 0.529. The molecule has 2 rings (SSSR count). The normalized spacial score (nSPS) is 11.0. The highest BCUT2D eigenvalue weighted by atomic mass is 32.2. The lowest BCUT2D eigenvalue weighted by atomic mass is 10.3. The minimum atomic E-state index is -3.78. The first-order valence-electron chi connectivity index (χ1n) is 6.81. The van der Waals surface area contributed by atoms with Crippen LogP contribution in [0.15, 0.2) is 52.3 Å². The Bertz CT molecular complexity index is 816. The van der Waals surface area contributed by atoms with Crippen LogP contribution in [0.1, 0.15) is 6.92 Å². The second-order valence-electron chi connectivity index (χ2n) is 4.65. The Hall–Kier alpha value is -2.61. The van der Waals surface area contributed by atoms with Gasteiger partial charge in [-0.25, -0.2) is 8.42 Å². The predicted octanol–water partition coefficient (Wildman–Crippen LogP) is 2.87. The Labute approximate surface area is 134 Å². The molecule has 0 radical (unpaired) electrons. The highest BCUT2D eigenvalue weighted by Crippen LogP contribution is 2.32. The maximum atomic E-state index is 12.6. The topological polar surface area (TPSA) is 98.5 Å². The van der Waals surface area contributed by atoms with E-state index in [-0.39, 0.29) is 21.2 Å². The van der Waals surface area contributed by atoms with E-state index in [0.29, 0.717) is 0 Å². The van der Waals surface area contributed by atoms with Gasteiger partial charge in [0.1, 0.15) is 0 Å². The van der Waals surface area contributed by atoms with Gasteiger partial charge < -0.3 is 10.1 Å². The second-order valence-corrected chi connectivity index (χ2v) is 6.60. The molecule has 0 atom stereocenters. The number of methoxy groups -OCH3 is 1. The average Bonchev–Trinajstić information content (AvgIpc) is 2.55. The maximum Gasteiger partial charge on any atom is 0.310 e. The van der Waals surface area contributed by atoms with E-state index in [4.69, 9.17) is 4.74 Å². The van der Waals surface area contributed by atoms with Crippen LogP contribution in [0.5, 0.6) is 5.75 Å². The summed E-state index contributed by atoms with van der Waals surface area (Å²) in [5.74, 6) is -0.0969. The van der Waals surface area contributed by atoms with Crippen LogP contribution >= 0.6 is 0 Å². The smallest absolute Gasteiger partial charge is 0.310 e. The van der Waals surface area contributed by atoms with Crippen LogP contribution in [0.25, 0.3) is 0 Å². The Morgan fingerprint density at radius 2 is 1.74 bits per heavy atom. The molecule has 23 heavy (non-hydrogen) atoms. The van der Waals surface area contributed by atoms with E-state index in [2.05, 4.69) is 5.32 Å². The molecule has 0 aliphatic heterocycles. The predicted molar refractivity (Wildman–Crippen MR) is 85.7 cm³/mol. The molecular weight excluding hydrogens is 320 g/mol. The summed E-state index contributed by atoms with van der Waals surface area (Å²) in [6.07, 6.45) is 0. The van der Waals surface area contributed by atoms with Crippen molar-refractivity contribution in [2.24, 2.45) is 0 Å². The lowest BCUT2D eigenvalue weighted by Gasteiger charge is -2.08. The van der Waals surface area contributed by atoms with Gasteiger partial charge in [-0.3, -0.25) is 10.1 Å². The second kappa shape index (κ2) is 6.66. The minimum Gasteiger partial charge on any atom is -0.490 e. The summed E-state index contributed by atoms with van der Waals surface area (Å²) in [6.45, 7) is 2.67. The van der Waals surface area contributed by atoms with Crippen molar-refractivity contribution in [2.45, 2.75) is 16.7 Å². The lowest BCUT2D eigenvalue weighted by Crippen LogP contribution is -2.04. The van der Waals surface area contributed by atoms with Gasteiger partial charge in [0.05, 0.1) is 21.8 Å². The van der Waals surface area contributed by atoms with Gasteiger partial charge in [-0.1, -0.05) is 0 Å². The molecule has 0 bridgehead atoms. The van der Waals surface area contributed by atoms with Gasteiger partial charge in [-0.15, -0.1) is 0 Å². The van der Waals surface area contributed by atoms with Crippen LogP contribution in [0.4, 0.5) is 11.4 Å². The molecule has 0 fully saturated rings. The molecule has 2 aromatic carbocycles. The van der Waals surface area contributed by atoms with E-state index < -0.39 is 14.8 Å². The molecule has 7 nitrogen and oxygen atoms in total. The van der Waals surface area contributed by atoms with Gasteiger partial charge in [0.25, 0.3) is 0 Å². The molecule has 0 saturated heterocycles. The molecule has 0 amide bonds. The van der Waals surface area contributed by atoms with Crippen LogP contribution in [-0.4, -0.2) is 27.0 Å². The summed E-state index contributed by atoms with van der Waals surface area (Å²) in [5, 5.41) is 14.0. The number of ether oxygens (including phenoxy) is 1. The van der Waals surface area contributed by atoms with Gasteiger partial charge in [0, 0.05) is 24.4 Å². The first kappa shape index (κ1) is 16.8. The van der Waals surface area contributed by atoms with Crippen molar-refractivity contribution in [3.05, 3.63) is 52.6 Å². The molecule has 1 N–H and O–H groups in total. The van der Waals surface area contributed by atoms with Crippen molar-refractivity contribution >= 4 is 21.2 Å².